The molecule has 416 valence electrons. The molecule has 0 atom stereocenters. The Morgan fingerprint density at radius 3 is 0.800 bits per heavy atom. The molecule has 0 heterocycles. The van der Waals surface area contributed by atoms with Crippen molar-refractivity contribution in [2.75, 3.05) is 36.2 Å². The molecule has 0 amide bonds. The first-order valence-corrected chi connectivity index (χ1v) is 28.5. The van der Waals surface area contributed by atoms with Crippen LogP contribution in [-0.4, -0.2) is 50.3 Å². The van der Waals surface area contributed by atoms with Gasteiger partial charge in [-0.05, 0) is 198 Å². The second-order valence-electron chi connectivity index (χ2n) is 20.2. The van der Waals surface area contributed by atoms with E-state index < -0.39 is 0 Å². The fourth-order valence-electron chi connectivity index (χ4n) is 10.4. The van der Waals surface area contributed by atoms with Gasteiger partial charge >= 0.3 is 23.9 Å². The van der Waals surface area contributed by atoms with E-state index in [9.17, 15) is 19.2 Å². The van der Waals surface area contributed by atoms with Gasteiger partial charge in [-0.3, -0.25) is 0 Å². The van der Waals surface area contributed by atoms with Gasteiger partial charge in [-0.15, -0.1) is 0 Å². The third kappa shape index (κ3) is 17.4. The number of hydrogen-bond donors (Lipinski definition) is 0. The Labute approximate surface area is 474 Å². The fraction of sp³-hybridized carbons (Fsp3) is 0.314. The summed E-state index contributed by atoms with van der Waals surface area (Å²) in [5.74, 6) is -1.27. The van der Waals surface area contributed by atoms with Crippen LogP contribution in [0.1, 0.15) is 119 Å². The van der Waals surface area contributed by atoms with E-state index in [0.717, 1.165) is 111 Å². The predicted molar refractivity (Wildman–Crippen MR) is 322 cm³/mol. The summed E-state index contributed by atoms with van der Waals surface area (Å²) in [4.78, 5) is 52.1. The molecule has 0 N–H and O–H groups in total. The second kappa shape index (κ2) is 31.4. The first kappa shape index (κ1) is 59.4. The number of aryl methyl sites for hydroxylation is 4. The number of ether oxygens (including phenoxy) is 4. The van der Waals surface area contributed by atoms with E-state index >= 15 is 0 Å². The van der Waals surface area contributed by atoms with Crippen molar-refractivity contribution in [1.82, 2.24) is 0 Å². The van der Waals surface area contributed by atoms with Gasteiger partial charge in [-0.25, -0.2) is 19.2 Å². The number of hydrogen-bond acceptors (Lipinski definition) is 10. The molecule has 1 fully saturated rings. The summed E-state index contributed by atoms with van der Waals surface area (Å²) in [6.45, 7) is 8.67. The van der Waals surface area contributed by atoms with Gasteiger partial charge in [0.1, 0.15) is 0 Å². The third-order valence-corrected chi connectivity index (χ3v) is 14.5. The summed E-state index contributed by atoms with van der Waals surface area (Å²) in [6.07, 6.45) is 24.2. The maximum absolute atomic E-state index is 11.9. The second-order valence-corrected chi connectivity index (χ2v) is 20.2. The van der Waals surface area contributed by atoms with Crippen molar-refractivity contribution in [3.63, 3.8) is 0 Å². The summed E-state index contributed by atoms with van der Waals surface area (Å²) in [6, 6.07) is 53.0. The Morgan fingerprint density at radius 2 is 0.575 bits per heavy atom. The Hall–Kier alpha value is -8.24. The smallest absolute Gasteiger partial charge is 0.330 e. The van der Waals surface area contributed by atoms with Crippen molar-refractivity contribution < 1.29 is 38.1 Å². The predicted octanol–water partition coefficient (Wildman–Crippen LogP) is 16.1. The summed E-state index contributed by atoms with van der Waals surface area (Å²) in [7, 11) is 0. The lowest BCUT2D eigenvalue weighted by Crippen LogP contribution is -2.30. The Kier molecular flexibility index (Phi) is 23.3. The standard InChI is InChI=1S/C70H78N2O8/c1-5-16-66(73)77-50-12-20-54-24-36-60(37-25-54)71(61-38-26-55(27-39-61)21-13-51-78-67(74)17-6-2)64-44-32-58(33-45-64)70(48-10-9-11-49-70)59-34-46-65(47-35-59)72(62-40-28-56(29-41-62)22-14-52-79-68(75)18-7-3)63-42-30-57(31-43-63)23-15-53-80-69(76)19-8-4/h5-8,16-19,24-47H,9-15,20-23,48-53H2,1-4H3. The van der Waals surface area contributed by atoms with Crippen LogP contribution in [0.3, 0.4) is 0 Å². The number of rotatable bonds is 28. The molecule has 0 radical (unpaired) electrons. The molecular weight excluding hydrogens is 997 g/mol. The van der Waals surface area contributed by atoms with Gasteiger partial charge in [0.15, 0.2) is 0 Å². The Balaban J connectivity index is 1.14. The minimum atomic E-state index is -0.317. The lowest BCUT2D eigenvalue weighted by molar-refractivity contribution is -0.138. The van der Waals surface area contributed by atoms with Crippen LogP contribution in [0.5, 0.6) is 0 Å². The van der Waals surface area contributed by atoms with Crippen molar-refractivity contribution in [2.24, 2.45) is 0 Å². The molecule has 6 aromatic carbocycles. The average molecular weight is 1080 g/mol. The summed E-state index contributed by atoms with van der Waals surface area (Å²) < 4.78 is 21.4. The largest absolute Gasteiger partial charge is 0.463 e. The van der Waals surface area contributed by atoms with E-state index in [1.54, 1.807) is 52.0 Å². The highest BCUT2D eigenvalue weighted by Gasteiger charge is 2.36. The number of anilines is 6. The molecule has 1 aliphatic rings. The molecule has 1 aliphatic carbocycles. The SMILES string of the molecule is CC=CC(=O)OCCCc1ccc(N(c2ccc(CCCOC(=O)C=CC)cc2)c2ccc(C3(c4ccc(N(c5ccc(CCCOC(=O)C=CC)cc5)c5ccc(CCCOC(=O)C=CC)cc5)cc4)CCCCC3)cc2)cc1. The van der Waals surface area contributed by atoms with Crippen molar-refractivity contribution >= 4 is 58.0 Å². The van der Waals surface area contributed by atoms with Gasteiger partial charge in [0, 0.05) is 63.8 Å². The number of esters is 4. The molecule has 0 saturated heterocycles. The van der Waals surface area contributed by atoms with Crippen LogP contribution in [-0.2, 0) is 69.2 Å². The van der Waals surface area contributed by atoms with Crippen LogP contribution in [0.25, 0.3) is 0 Å². The highest BCUT2D eigenvalue weighted by molar-refractivity contribution is 5.83. The molecule has 0 bridgehead atoms. The number of carbonyl (C=O) groups excluding carboxylic acids is 4. The van der Waals surface area contributed by atoms with Gasteiger partial charge in [0.05, 0.1) is 26.4 Å². The van der Waals surface area contributed by atoms with Gasteiger partial charge < -0.3 is 28.7 Å². The van der Waals surface area contributed by atoms with Crippen molar-refractivity contribution in [3.05, 3.63) is 228 Å². The van der Waals surface area contributed by atoms with Gasteiger partial charge in [0.25, 0.3) is 0 Å². The molecule has 0 unspecified atom stereocenters. The fourth-order valence-corrected chi connectivity index (χ4v) is 10.4. The van der Waals surface area contributed by atoms with E-state index in [0.29, 0.717) is 26.4 Å². The molecule has 10 heteroatoms. The van der Waals surface area contributed by atoms with Crippen molar-refractivity contribution in [2.45, 2.75) is 117 Å². The van der Waals surface area contributed by atoms with Gasteiger partial charge in [-0.1, -0.05) is 116 Å². The lowest BCUT2D eigenvalue weighted by Gasteiger charge is -2.39. The summed E-state index contributed by atoms with van der Waals surface area (Å²) >= 11 is 0. The van der Waals surface area contributed by atoms with Crippen LogP contribution < -0.4 is 9.80 Å². The van der Waals surface area contributed by atoms with Crippen molar-refractivity contribution in [3.8, 4) is 0 Å². The molecular formula is C70H78N2O8. The monoisotopic (exact) mass is 1070 g/mol. The maximum Gasteiger partial charge on any atom is 0.330 e. The van der Waals surface area contributed by atoms with E-state index in [1.165, 1.54) is 64.1 Å². The van der Waals surface area contributed by atoms with Crippen molar-refractivity contribution in [1.29, 1.82) is 0 Å². The first-order chi connectivity index (χ1) is 39.1. The zero-order chi connectivity index (χ0) is 56.4. The van der Waals surface area contributed by atoms with E-state index in [1.807, 2.05) is 0 Å². The van der Waals surface area contributed by atoms with E-state index in [-0.39, 0.29) is 29.3 Å². The zero-order valence-electron chi connectivity index (χ0n) is 47.2. The van der Waals surface area contributed by atoms with Crippen LogP contribution in [0.15, 0.2) is 194 Å². The Bertz CT molecular complexity index is 2650. The number of benzene rings is 6. The van der Waals surface area contributed by atoms with E-state index in [4.69, 9.17) is 18.9 Å². The molecule has 0 aromatic heterocycles. The summed E-state index contributed by atoms with van der Waals surface area (Å²) in [5.41, 5.74) is 13.4. The van der Waals surface area contributed by atoms with Gasteiger partial charge in [-0.2, -0.15) is 0 Å². The molecule has 6 aromatic rings. The molecule has 7 rings (SSSR count). The van der Waals surface area contributed by atoms with Crippen LogP contribution in [0, 0.1) is 0 Å². The number of allylic oxidation sites excluding steroid dienone is 4. The quantitative estimate of drug-likeness (QED) is 0.0204. The average Bonchev–Trinajstić information content (AvgIpc) is 3.61. The highest BCUT2D eigenvalue weighted by atomic mass is 16.5. The van der Waals surface area contributed by atoms with Crippen LogP contribution in [0.2, 0.25) is 0 Å². The third-order valence-electron chi connectivity index (χ3n) is 14.5. The minimum Gasteiger partial charge on any atom is -0.463 e. The molecule has 80 heavy (non-hydrogen) atoms. The Morgan fingerprint density at radius 1 is 0.350 bits per heavy atom. The van der Waals surface area contributed by atoms with E-state index in [2.05, 4.69) is 155 Å². The van der Waals surface area contributed by atoms with Gasteiger partial charge in [0.2, 0.25) is 0 Å². The number of nitrogens with zero attached hydrogens (tertiary/aromatic N) is 2. The first-order valence-electron chi connectivity index (χ1n) is 28.5. The summed E-state index contributed by atoms with van der Waals surface area (Å²) in [5, 5.41) is 0. The topological polar surface area (TPSA) is 112 Å². The number of carbonyl (C=O) groups is 4. The molecule has 0 aliphatic heterocycles. The zero-order valence-corrected chi connectivity index (χ0v) is 47.2. The lowest BCUT2D eigenvalue weighted by atomic mass is 9.65. The molecule has 1 saturated carbocycles. The highest BCUT2D eigenvalue weighted by Crippen LogP contribution is 2.47. The van der Waals surface area contributed by atoms with Crippen LogP contribution in [0.4, 0.5) is 34.1 Å². The molecule has 10 nitrogen and oxygen atoms in total. The normalized spacial score (nSPS) is 13.2. The molecule has 0 spiro atoms. The minimum absolute atomic E-state index is 0.165. The maximum atomic E-state index is 11.9. The van der Waals surface area contributed by atoms with Crippen LogP contribution >= 0.6 is 0 Å².